The van der Waals surface area contributed by atoms with Gasteiger partial charge in [0.25, 0.3) is 11.8 Å². The molecule has 2 rings (SSSR count). The van der Waals surface area contributed by atoms with Gasteiger partial charge in [-0.15, -0.1) is 11.3 Å². The van der Waals surface area contributed by atoms with E-state index in [4.69, 9.17) is 4.42 Å². The second-order valence-electron chi connectivity index (χ2n) is 5.92. The molecule has 0 atom stereocenters. The van der Waals surface area contributed by atoms with E-state index in [2.05, 4.69) is 10.6 Å². The number of carbonyl (C=O) groups is 2. The highest BCUT2D eigenvalue weighted by Gasteiger charge is 2.17. The van der Waals surface area contributed by atoms with Gasteiger partial charge in [0, 0.05) is 19.6 Å². The summed E-state index contributed by atoms with van der Waals surface area (Å²) in [6.07, 6.45) is 3.10. The maximum absolute atomic E-state index is 12.3. The largest absolute Gasteiger partial charge is 0.459 e. The van der Waals surface area contributed by atoms with E-state index >= 15 is 0 Å². The molecule has 0 bridgehead atoms. The zero-order valence-corrected chi connectivity index (χ0v) is 17.1. The van der Waals surface area contributed by atoms with Crippen LogP contribution in [0.15, 0.2) is 28.9 Å². The molecule has 0 aliphatic rings. The second kappa shape index (κ2) is 9.16. The third-order valence-electron chi connectivity index (χ3n) is 3.80. The minimum atomic E-state index is -3.23. The summed E-state index contributed by atoms with van der Waals surface area (Å²) in [4.78, 5) is 24.8. The Morgan fingerprint density at radius 3 is 2.63 bits per heavy atom. The third kappa shape index (κ3) is 5.91. The molecule has 0 aliphatic carbocycles. The van der Waals surface area contributed by atoms with E-state index in [1.165, 1.54) is 28.2 Å². The molecule has 0 spiro atoms. The number of rotatable bonds is 9. The lowest BCUT2D eigenvalue weighted by atomic mass is 10.2. The van der Waals surface area contributed by atoms with E-state index in [-0.39, 0.29) is 17.6 Å². The van der Waals surface area contributed by atoms with Crippen LogP contribution in [0.1, 0.15) is 39.1 Å². The molecule has 0 unspecified atom stereocenters. The van der Waals surface area contributed by atoms with Crippen LogP contribution < -0.4 is 10.6 Å². The van der Waals surface area contributed by atoms with Gasteiger partial charge in [0.1, 0.15) is 0 Å². The van der Waals surface area contributed by atoms with E-state index in [0.29, 0.717) is 35.9 Å². The molecule has 148 valence electrons. The Hall–Kier alpha value is -2.17. The highest BCUT2D eigenvalue weighted by atomic mass is 32.2. The van der Waals surface area contributed by atoms with E-state index in [0.717, 1.165) is 5.56 Å². The maximum atomic E-state index is 12.3. The predicted octanol–water partition coefficient (Wildman–Crippen LogP) is 2.30. The molecule has 0 saturated carbocycles. The van der Waals surface area contributed by atoms with Crippen molar-refractivity contribution < 1.29 is 22.4 Å². The number of anilines is 1. The lowest BCUT2D eigenvalue weighted by molar-refractivity contribution is 0.0954. The molecular formula is C17H23N3O5S2. The third-order valence-corrected chi connectivity index (χ3v) is 6.33. The number of thiophene rings is 1. The number of aryl methyl sites for hydroxylation is 1. The molecule has 2 heterocycles. The lowest BCUT2D eigenvalue weighted by Crippen LogP contribution is -2.33. The average Bonchev–Trinajstić information content (AvgIpc) is 3.23. The molecule has 0 fully saturated rings. The quantitative estimate of drug-likeness (QED) is 0.613. The summed E-state index contributed by atoms with van der Waals surface area (Å²) in [7, 11) is -3.23. The van der Waals surface area contributed by atoms with Gasteiger partial charge in [-0.25, -0.2) is 12.7 Å². The molecule has 2 amide bonds. The Morgan fingerprint density at radius 1 is 1.30 bits per heavy atom. The summed E-state index contributed by atoms with van der Waals surface area (Å²) in [5, 5.41) is 6.03. The zero-order chi connectivity index (χ0) is 20.0. The molecule has 8 nitrogen and oxygen atoms in total. The van der Waals surface area contributed by atoms with Gasteiger partial charge in [-0.3, -0.25) is 9.59 Å². The van der Waals surface area contributed by atoms with Gasteiger partial charge in [0.05, 0.1) is 22.4 Å². The number of sulfonamides is 1. The molecule has 10 heteroatoms. The Labute approximate surface area is 162 Å². The van der Waals surface area contributed by atoms with Gasteiger partial charge in [0.15, 0.2) is 5.76 Å². The van der Waals surface area contributed by atoms with Crippen LogP contribution in [0.3, 0.4) is 0 Å². The highest BCUT2D eigenvalue weighted by molar-refractivity contribution is 7.88. The van der Waals surface area contributed by atoms with Crippen LogP contribution in [-0.2, 0) is 10.0 Å². The van der Waals surface area contributed by atoms with Gasteiger partial charge in [-0.05, 0) is 37.1 Å². The first-order chi connectivity index (χ1) is 12.7. The van der Waals surface area contributed by atoms with Crippen LogP contribution in [0.4, 0.5) is 5.00 Å². The van der Waals surface area contributed by atoms with Gasteiger partial charge >= 0.3 is 0 Å². The predicted molar refractivity (Wildman–Crippen MR) is 105 cm³/mol. The fourth-order valence-corrected chi connectivity index (χ4v) is 4.36. The SMILES string of the molecule is CCN(CCCNC(=O)c1sc(NC(=O)c2ccco2)cc1C)S(C)(=O)=O. The molecule has 27 heavy (non-hydrogen) atoms. The molecule has 0 radical (unpaired) electrons. The summed E-state index contributed by atoms with van der Waals surface area (Å²) >= 11 is 1.17. The summed E-state index contributed by atoms with van der Waals surface area (Å²) in [5.74, 6) is -0.439. The van der Waals surface area contributed by atoms with Crippen molar-refractivity contribution >= 4 is 38.2 Å². The number of carbonyl (C=O) groups excluding carboxylic acids is 2. The minimum absolute atomic E-state index is 0.193. The van der Waals surface area contributed by atoms with Crippen LogP contribution in [0.5, 0.6) is 0 Å². The zero-order valence-electron chi connectivity index (χ0n) is 15.4. The number of nitrogens with zero attached hydrogens (tertiary/aromatic N) is 1. The Bertz CT molecular complexity index is 888. The van der Waals surface area contributed by atoms with Gasteiger partial charge in [-0.1, -0.05) is 6.92 Å². The summed E-state index contributed by atoms with van der Waals surface area (Å²) < 4.78 is 29.5. The maximum Gasteiger partial charge on any atom is 0.291 e. The number of hydrogen-bond donors (Lipinski definition) is 2. The number of amides is 2. The fraction of sp³-hybridized carbons (Fsp3) is 0.412. The second-order valence-corrected chi connectivity index (χ2v) is 8.95. The number of furan rings is 1. The molecule has 0 aromatic carbocycles. The Kier molecular flexibility index (Phi) is 7.17. The van der Waals surface area contributed by atoms with Gasteiger partial charge < -0.3 is 15.1 Å². The van der Waals surface area contributed by atoms with E-state index < -0.39 is 10.0 Å². The normalized spacial score (nSPS) is 11.6. The van der Waals surface area contributed by atoms with Gasteiger partial charge in [0.2, 0.25) is 10.0 Å². The standard InChI is InChI=1S/C17H23N3O5S2/c1-4-20(27(3,23)24)9-6-8-18-17(22)15-12(2)11-14(26-15)19-16(21)13-7-5-10-25-13/h5,7,10-11H,4,6,8-9H2,1-3H3,(H,18,22)(H,19,21). The summed E-state index contributed by atoms with van der Waals surface area (Å²) in [5.41, 5.74) is 0.749. The summed E-state index contributed by atoms with van der Waals surface area (Å²) in [6.45, 7) is 4.67. The smallest absolute Gasteiger partial charge is 0.291 e. The molecule has 0 saturated heterocycles. The van der Waals surface area contributed by atoms with E-state index in [9.17, 15) is 18.0 Å². The van der Waals surface area contributed by atoms with Crippen molar-refractivity contribution in [3.8, 4) is 0 Å². The molecular weight excluding hydrogens is 390 g/mol. The van der Waals surface area contributed by atoms with E-state index in [1.807, 2.05) is 0 Å². The van der Waals surface area contributed by atoms with Crippen LogP contribution in [0.25, 0.3) is 0 Å². The first-order valence-corrected chi connectivity index (χ1v) is 11.1. The van der Waals surface area contributed by atoms with Gasteiger partial charge in [-0.2, -0.15) is 0 Å². The van der Waals surface area contributed by atoms with Crippen molar-refractivity contribution in [2.45, 2.75) is 20.3 Å². The first-order valence-electron chi connectivity index (χ1n) is 8.41. The summed E-state index contributed by atoms with van der Waals surface area (Å²) in [6, 6.07) is 4.90. The van der Waals surface area contributed by atoms with Crippen molar-refractivity contribution in [3.05, 3.63) is 40.7 Å². The highest BCUT2D eigenvalue weighted by Crippen LogP contribution is 2.27. The van der Waals surface area contributed by atoms with Crippen molar-refractivity contribution in [3.63, 3.8) is 0 Å². The first kappa shape index (κ1) is 21.1. The topological polar surface area (TPSA) is 109 Å². The average molecular weight is 414 g/mol. The van der Waals surface area contributed by atoms with Crippen LogP contribution in [-0.4, -0.2) is 50.4 Å². The van der Waals surface area contributed by atoms with Crippen LogP contribution >= 0.6 is 11.3 Å². The van der Waals surface area contributed by atoms with Crippen LogP contribution in [0, 0.1) is 6.92 Å². The monoisotopic (exact) mass is 413 g/mol. The molecule has 2 aromatic heterocycles. The Morgan fingerprint density at radius 2 is 2.04 bits per heavy atom. The van der Waals surface area contributed by atoms with Crippen molar-refractivity contribution in [2.75, 3.05) is 31.2 Å². The van der Waals surface area contributed by atoms with Crippen molar-refractivity contribution in [2.24, 2.45) is 0 Å². The van der Waals surface area contributed by atoms with E-state index in [1.54, 1.807) is 32.0 Å². The van der Waals surface area contributed by atoms with Crippen molar-refractivity contribution in [1.29, 1.82) is 0 Å². The lowest BCUT2D eigenvalue weighted by Gasteiger charge is -2.17. The fourth-order valence-electron chi connectivity index (χ4n) is 2.45. The Balaban J connectivity index is 1.88. The molecule has 0 aliphatic heterocycles. The molecule has 2 N–H and O–H groups in total. The number of nitrogens with one attached hydrogen (secondary N) is 2. The van der Waals surface area contributed by atoms with Crippen LogP contribution in [0.2, 0.25) is 0 Å². The van der Waals surface area contributed by atoms with Crippen molar-refractivity contribution in [1.82, 2.24) is 9.62 Å². The number of hydrogen-bond acceptors (Lipinski definition) is 6. The molecule has 2 aromatic rings. The minimum Gasteiger partial charge on any atom is -0.459 e.